The van der Waals surface area contributed by atoms with Crippen LogP contribution in [0.15, 0.2) is 60.8 Å². The summed E-state index contributed by atoms with van der Waals surface area (Å²) in [6.07, 6.45) is 1.83. The van der Waals surface area contributed by atoms with Gasteiger partial charge in [0.05, 0.1) is 0 Å². The Morgan fingerprint density at radius 1 is 0.903 bits per heavy atom. The monoisotopic (exact) mass is 416 g/mol. The number of hydrogen-bond donors (Lipinski definition) is 2. The molecule has 0 unspecified atom stereocenters. The van der Waals surface area contributed by atoms with E-state index in [1.54, 1.807) is 36.7 Å². The quantitative estimate of drug-likeness (QED) is 0.531. The number of rotatable bonds is 4. The highest BCUT2D eigenvalue weighted by atomic mass is 19.1. The molecule has 0 saturated heterocycles. The van der Waals surface area contributed by atoms with Crippen LogP contribution in [-0.2, 0) is 0 Å². The first-order valence-electron chi connectivity index (χ1n) is 9.76. The lowest BCUT2D eigenvalue weighted by molar-refractivity contribution is 0.0952. The fraction of sp³-hybridized carbons (Fsp3) is 0.125. The minimum absolute atomic E-state index is 0.172. The summed E-state index contributed by atoms with van der Waals surface area (Å²) >= 11 is 0. The summed E-state index contributed by atoms with van der Waals surface area (Å²) in [5, 5.41) is 5.29. The number of aromatic nitrogens is 2. The fourth-order valence-electron chi connectivity index (χ4n) is 3.57. The Morgan fingerprint density at radius 3 is 2.26 bits per heavy atom. The average Bonchev–Trinajstić information content (AvgIpc) is 3.17. The maximum Gasteiger partial charge on any atom is 0.270 e. The minimum atomic E-state index is -0.359. The van der Waals surface area contributed by atoms with Crippen LogP contribution in [0.2, 0.25) is 0 Å². The highest BCUT2D eigenvalue weighted by Crippen LogP contribution is 2.29. The van der Waals surface area contributed by atoms with Gasteiger partial charge in [0.25, 0.3) is 11.8 Å². The number of halogens is 1. The van der Waals surface area contributed by atoms with Crippen molar-refractivity contribution in [2.45, 2.75) is 6.92 Å². The fourth-order valence-corrected chi connectivity index (χ4v) is 3.57. The van der Waals surface area contributed by atoms with Gasteiger partial charge in [-0.3, -0.25) is 14.0 Å². The molecule has 2 amide bonds. The molecule has 2 heterocycles. The lowest BCUT2D eigenvalue weighted by atomic mass is 9.99. The number of carbonyl (C=O) groups is 2. The molecule has 0 fully saturated rings. The van der Waals surface area contributed by atoms with Gasteiger partial charge < -0.3 is 10.6 Å². The standard InChI is InChI=1S/C24H21FN4O2/c1-14-4-5-16(23(30)26-2)12-19(14)17-8-11-20-28-21(15-6-9-18(25)10-7-15)22(24(31)27-3)29(20)13-17/h4-13H,1-3H3,(H,26,30)(H,27,31). The van der Waals surface area contributed by atoms with E-state index in [0.717, 1.165) is 16.7 Å². The van der Waals surface area contributed by atoms with Crippen molar-refractivity contribution in [1.29, 1.82) is 0 Å². The maximum absolute atomic E-state index is 13.4. The Hall–Kier alpha value is -4.00. The summed E-state index contributed by atoms with van der Waals surface area (Å²) in [6, 6.07) is 15.1. The van der Waals surface area contributed by atoms with E-state index in [9.17, 15) is 14.0 Å². The van der Waals surface area contributed by atoms with Gasteiger partial charge >= 0.3 is 0 Å². The number of pyridine rings is 1. The molecule has 4 rings (SSSR count). The zero-order valence-corrected chi connectivity index (χ0v) is 17.4. The molecule has 0 aliphatic rings. The van der Waals surface area contributed by atoms with Crippen LogP contribution in [0.5, 0.6) is 0 Å². The summed E-state index contributed by atoms with van der Waals surface area (Å²) in [5.74, 6) is -0.836. The van der Waals surface area contributed by atoms with Gasteiger partial charge in [-0.2, -0.15) is 0 Å². The normalized spacial score (nSPS) is 10.8. The number of fused-ring (bicyclic) bond motifs is 1. The highest BCUT2D eigenvalue weighted by molar-refractivity contribution is 6.00. The summed E-state index contributed by atoms with van der Waals surface area (Å²) in [4.78, 5) is 29.4. The SMILES string of the molecule is CNC(=O)c1ccc(C)c(-c2ccc3nc(-c4ccc(F)cc4)c(C(=O)NC)n3c2)c1. The molecule has 0 aliphatic carbocycles. The Kier molecular flexibility index (Phi) is 5.25. The first-order valence-corrected chi connectivity index (χ1v) is 9.76. The number of imidazole rings is 1. The first-order chi connectivity index (χ1) is 14.9. The Balaban J connectivity index is 1.93. The van der Waals surface area contributed by atoms with Crippen molar-refractivity contribution in [3.63, 3.8) is 0 Å². The van der Waals surface area contributed by atoms with Crippen molar-refractivity contribution >= 4 is 17.5 Å². The van der Waals surface area contributed by atoms with Gasteiger partial charge in [0.1, 0.15) is 22.9 Å². The third kappa shape index (κ3) is 3.66. The van der Waals surface area contributed by atoms with Crippen molar-refractivity contribution in [2.75, 3.05) is 14.1 Å². The lowest BCUT2D eigenvalue weighted by Gasteiger charge is -2.10. The Morgan fingerprint density at radius 2 is 1.58 bits per heavy atom. The first kappa shape index (κ1) is 20.3. The second-order valence-electron chi connectivity index (χ2n) is 7.15. The molecule has 0 atom stereocenters. The largest absolute Gasteiger partial charge is 0.355 e. The molecule has 4 aromatic rings. The van der Waals surface area contributed by atoms with Crippen molar-refractivity contribution in [3.8, 4) is 22.4 Å². The maximum atomic E-state index is 13.4. The predicted octanol–water partition coefficient (Wildman–Crippen LogP) is 3.84. The molecule has 2 N–H and O–H groups in total. The molecule has 0 aliphatic heterocycles. The van der Waals surface area contributed by atoms with Crippen molar-refractivity contribution in [2.24, 2.45) is 0 Å². The summed E-state index contributed by atoms with van der Waals surface area (Å²) in [5.41, 5.74) is 5.30. The second kappa shape index (κ2) is 8.02. The zero-order valence-electron chi connectivity index (χ0n) is 17.4. The van der Waals surface area contributed by atoms with Crippen LogP contribution >= 0.6 is 0 Å². The lowest BCUT2D eigenvalue weighted by Crippen LogP contribution is -2.20. The summed E-state index contributed by atoms with van der Waals surface area (Å²) < 4.78 is 15.1. The van der Waals surface area contributed by atoms with E-state index in [0.29, 0.717) is 28.2 Å². The van der Waals surface area contributed by atoms with Gasteiger partial charge in [-0.15, -0.1) is 0 Å². The van der Waals surface area contributed by atoms with Crippen molar-refractivity contribution in [1.82, 2.24) is 20.0 Å². The van der Waals surface area contributed by atoms with E-state index in [2.05, 4.69) is 15.6 Å². The molecule has 0 radical (unpaired) electrons. The number of hydrogen-bond acceptors (Lipinski definition) is 3. The number of nitrogens with zero attached hydrogens (tertiary/aromatic N) is 2. The van der Waals surface area contributed by atoms with Gasteiger partial charge in [0.15, 0.2) is 0 Å². The van der Waals surface area contributed by atoms with Crippen LogP contribution in [0, 0.1) is 12.7 Å². The Bertz CT molecular complexity index is 1310. The molecule has 0 saturated carbocycles. The van der Waals surface area contributed by atoms with Crippen LogP contribution in [0.3, 0.4) is 0 Å². The highest BCUT2D eigenvalue weighted by Gasteiger charge is 2.20. The molecule has 0 spiro atoms. The second-order valence-corrected chi connectivity index (χ2v) is 7.15. The van der Waals surface area contributed by atoms with E-state index in [1.165, 1.54) is 12.1 Å². The molecule has 2 aromatic carbocycles. The molecule has 7 heteroatoms. The Labute approximate surface area is 178 Å². The molecular formula is C24H21FN4O2. The number of nitrogens with one attached hydrogen (secondary N) is 2. The van der Waals surface area contributed by atoms with Crippen molar-refractivity contribution in [3.05, 3.63) is 83.4 Å². The summed E-state index contributed by atoms with van der Waals surface area (Å²) in [6.45, 7) is 1.96. The van der Waals surface area contributed by atoms with E-state index in [-0.39, 0.29) is 17.6 Å². The van der Waals surface area contributed by atoms with E-state index in [4.69, 9.17) is 0 Å². The molecular weight excluding hydrogens is 395 g/mol. The van der Waals surface area contributed by atoms with E-state index >= 15 is 0 Å². The van der Waals surface area contributed by atoms with Gasteiger partial charge in [-0.1, -0.05) is 6.07 Å². The topological polar surface area (TPSA) is 75.5 Å². The molecule has 6 nitrogen and oxygen atoms in total. The van der Waals surface area contributed by atoms with Gasteiger partial charge in [-0.05, 0) is 72.1 Å². The number of aryl methyl sites for hydroxylation is 1. The van der Waals surface area contributed by atoms with Crippen LogP contribution < -0.4 is 10.6 Å². The van der Waals surface area contributed by atoms with Crippen LogP contribution in [0.25, 0.3) is 28.0 Å². The smallest absolute Gasteiger partial charge is 0.270 e. The van der Waals surface area contributed by atoms with Crippen LogP contribution in [0.1, 0.15) is 26.4 Å². The van der Waals surface area contributed by atoms with E-state index in [1.807, 2.05) is 37.4 Å². The molecule has 2 aromatic heterocycles. The van der Waals surface area contributed by atoms with E-state index < -0.39 is 0 Å². The third-order valence-corrected chi connectivity index (χ3v) is 5.22. The van der Waals surface area contributed by atoms with Crippen LogP contribution in [-0.4, -0.2) is 35.3 Å². The average molecular weight is 416 g/mol. The zero-order chi connectivity index (χ0) is 22.1. The third-order valence-electron chi connectivity index (χ3n) is 5.22. The van der Waals surface area contributed by atoms with Gasteiger partial charge in [-0.25, -0.2) is 9.37 Å². The number of amides is 2. The molecule has 0 bridgehead atoms. The number of benzene rings is 2. The minimum Gasteiger partial charge on any atom is -0.355 e. The summed E-state index contributed by atoms with van der Waals surface area (Å²) in [7, 11) is 3.14. The van der Waals surface area contributed by atoms with Crippen LogP contribution in [0.4, 0.5) is 4.39 Å². The molecule has 156 valence electrons. The van der Waals surface area contributed by atoms with Gasteiger partial charge in [0, 0.05) is 31.4 Å². The van der Waals surface area contributed by atoms with Crippen molar-refractivity contribution < 1.29 is 14.0 Å². The van der Waals surface area contributed by atoms with Gasteiger partial charge in [0.2, 0.25) is 0 Å². The number of carbonyl (C=O) groups excluding carboxylic acids is 2. The molecule has 31 heavy (non-hydrogen) atoms. The predicted molar refractivity (Wildman–Crippen MR) is 118 cm³/mol.